The molecule has 0 N–H and O–H groups in total. The van der Waals surface area contributed by atoms with Crippen LogP contribution in [0.5, 0.6) is 17.2 Å². The summed E-state index contributed by atoms with van der Waals surface area (Å²) in [6.07, 6.45) is 0. The average molecular weight is 412 g/mol. The number of fused-ring (bicyclic) bond motifs is 3. The second-order valence-corrected chi connectivity index (χ2v) is 7.11. The standard InChI is InChI=1S/C25H20N2O4/c1-29-18-9-5-7-16(13-18)23-24(17-8-6-10-19(14-17)30-2)27-22(28)15-31-21-12-4-3-11-20(21)25(27)26-23/h3-14H,15H2,1-2H3. The molecule has 6 heteroatoms. The van der Waals surface area contributed by atoms with Crippen LogP contribution >= 0.6 is 0 Å². The van der Waals surface area contributed by atoms with E-state index < -0.39 is 0 Å². The van der Waals surface area contributed by atoms with Crippen molar-refractivity contribution in [3.8, 4) is 51.2 Å². The van der Waals surface area contributed by atoms with E-state index in [0.717, 1.165) is 16.7 Å². The molecule has 0 spiro atoms. The Morgan fingerprint density at radius 1 is 0.871 bits per heavy atom. The zero-order chi connectivity index (χ0) is 21.4. The number of hydrogen-bond donors (Lipinski definition) is 0. The molecule has 3 aromatic carbocycles. The molecule has 4 aromatic rings. The Balaban J connectivity index is 1.85. The molecule has 1 aromatic heterocycles. The van der Waals surface area contributed by atoms with Gasteiger partial charge in [-0.3, -0.25) is 9.36 Å². The summed E-state index contributed by atoms with van der Waals surface area (Å²) in [6.45, 7) is -0.0745. The molecule has 0 fully saturated rings. The number of hydrogen-bond acceptors (Lipinski definition) is 5. The molecule has 0 saturated carbocycles. The first-order valence-corrected chi connectivity index (χ1v) is 9.86. The maximum absolute atomic E-state index is 13.2. The second kappa shape index (κ2) is 7.65. The summed E-state index contributed by atoms with van der Waals surface area (Å²) in [5, 5.41) is 0. The van der Waals surface area contributed by atoms with Gasteiger partial charge in [-0.2, -0.15) is 0 Å². The van der Waals surface area contributed by atoms with Crippen molar-refractivity contribution >= 4 is 5.91 Å². The largest absolute Gasteiger partial charge is 0.497 e. The normalized spacial score (nSPS) is 12.4. The number of para-hydroxylation sites is 1. The van der Waals surface area contributed by atoms with Crippen molar-refractivity contribution in [3.05, 3.63) is 72.8 Å². The molecular weight excluding hydrogens is 392 g/mol. The number of aromatic nitrogens is 2. The van der Waals surface area contributed by atoms with Crippen molar-refractivity contribution in [1.82, 2.24) is 9.55 Å². The number of carbonyl (C=O) groups excluding carboxylic acids is 1. The SMILES string of the molecule is COc1cccc(-c2nc3n(c2-c2cccc(OC)c2)C(=O)COc2ccccc2-3)c1. The second-order valence-electron chi connectivity index (χ2n) is 7.11. The van der Waals surface area contributed by atoms with Crippen LogP contribution in [-0.4, -0.2) is 36.3 Å². The topological polar surface area (TPSA) is 62.6 Å². The van der Waals surface area contributed by atoms with E-state index in [1.54, 1.807) is 18.8 Å². The van der Waals surface area contributed by atoms with E-state index in [1.807, 2.05) is 72.8 Å². The molecule has 0 amide bonds. The van der Waals surface area contributed by atoms with Crippen molar-refractivity contribution in [2.75, 3.05) is 20.8 Å². The van der Waals surface area contributed by atoms with Crippen molar-refractivity contribution in [1.29, 1.82) is 0 Å². The van der Waals surface area contributed by atoms with Gasteiger partial charge < -0.3 is 14.2 Å². The molecular formula is C25H20N2O4. The van der Waals surface area contributed by atoms with Crippen molar-refractivity contribution in [3.63, 3.8) is 0 Å². The molecule has 1 aliphatic rings. The van der Waals surface area contributed by atoms with Crippen LogP contribution in [0.3, 0.4) is 0 Å². The minimum atomic E-state index is -0.189. The first kappa shape index (κ1) is 18.9. The molecule has 154 valence electrons. The van der Waals surface area contributed by atoms with Crippen LogP contribution in [0.15, 0.2) is 72.8 Å². The highest BCUT2D eigenvalue weighted by molar-refractivity contribution is 5.96. The summed E-state index contributed by atoms with van der Waals surface area (Å²) in [6, 6.07) is 22.8. The Kier molecular flexibility index (Phi) is 4.67. The molecule has 0 atom stereocenters. The van der Waals surface area contributed by atoms with E-state index >= 15 is 0 Å². The van der Waals surface area contributed by atoms with Crippen LogP contribution in [0.4, 0.5) is 0 Å². The zero-order valence-electron chi connectivity index (χ0n) is 17.2. The van der Waals surface area contributed by atoms with Gasteiger partial charge >= 0.3 is 0 Å². The quantitative estimate of drug-likeness (QED) is 0.475. The van der Waals surface area contributed by atoms with Crippen LogP contribution in [0.25, 0.3) is 33.9 Å². The number of nitrogens with zero attached hydrogens (tertiary/aromatic N) is 2. The van der Waals surface area contributed by atoms with Crippen molar-refractivity contribution in [2.45, 2.75) is 0 Å². The number of carbonyl (C=O) groups is 1. The number of methoxy groups -OCH3 is 2. The minimum Gasteiger partial charge on any atom is -0.497 e. The number of imidazole rings is 1. The lowest BCUT2D eigenvalue weighted by Crippen LogP contribution is -2.18. The molecule has 0 bridgehead atoms. The van der Waals surface area contributed by atoms with Crippen LogP contribution in [0, 0.1) is 0 Å². The Bertz CT molecular complexity index is 1290. The van der Waals surface area contributed by atoms with E-state index in [9.17, 15) is 4.79 Å². The first-order valence-electron chi connectivity index (χ1n) is 9.86. The van der Waals surface area contributed by atoms with E-state index in [4.69, 9.17) is 19.2 Å². The van der Waals surface area contributed by atoms with E-state index in [2.05, 4.69) is 0 Å². The van der Waals surface area contributed by atoms with Gasteiger partial charge in [-0.15, -0.1) is 0 Å². The number of benzene rings is 3. The van der Waals surface area contributed by atoms with Gasteiger partial charge in [0.15, 0.2) is 12.4 Å². The third-order valence-electron chi connectivity index (χ3n) is 5.29. The molecule has 6 nitrogen and oxygen atoms in total. The van der Waals surface area contributed by atoms with E-state index in [1.165, 1.54) is 0 Å². The third kappa shape index (κ3) is 3.22. The lowest BCUT2D eigenvalue weighted by molar-refractivity contribution is 0.0848. The van der Waals surface area contributed by atoms with Gasteiger partial charge in [0.1, 0.15) is 17.2 Å². The lowest BCUT2D eigenvalue weighted by Gasteiger charge is -2.11. The lowest BCUT2D eigenvalue weighted by atomic mass is 10.0. The summed E-state index contributed by atoms with van der Waals surface area (Å²) in [4.78, 5) is 18.2. The van der Waals surface area contributed by atoms with Gasteiger partial charge in [0.05, 0.1) is 31.2 Å². The number of rotatable bonds is 4. The Hall–Kier alpha value is -4.06. The molecule has 0 radical (unpaired) electrons. The fourth-order valence-corrected chi connectivity index (χ4v) is 3.83. The molecule has 0 unspecified atom stereocenters. The molecule has 2 heterocycles. The van der Waals surface area contributed by atoms with Crippen molar-refractivity contribution in [2.24, 2.45) is 0 Å². The highest BCUT2D eigenvalue weighted by atomic mass is 16.5. The van der Waals surface area contributed by atoms with Gasteiger partial charge in [0.25, 0.3) is 5.91 Å². The Morgan fingerprint density at radius 3 is 2.29 bits per heavy atom. The predicted octanol–water partition coefficient (Wildman–Crippen LogP) is 4.93. The summed E-state index contributed by atoms with van der Waals surface area (Å²) < 4.78 is 18.3. The van der Waals surface area contributed by atoms with Crippen LogP contribution in [0.2, 0.25) is 0 Å². The minimum absolute atomic E-state index is 0.0745. The summed E-state index contributed by atoms with van der Waals surface area (Å²) in [5.41, 5.74) is 3.82. The molecule has 0 aliphatic carbocycles. The summed E-state index contributed by atoms with van der Waals surface area (Å²) in [7, 11) is 3.25. The maximum atomic E-state index is 13.2. The van der Waals surface area contributed by atoms with Crippen LogP contribution in [-0.2, 0) is 0 Å². The highest BCUT2D eigenvalue weighted by Crippen LogP contribution is 2.41. The van der Waals surface area contributed by atoms with Crippen LogP contribution in [0.1, 0.15) is 4.79 Å². The van der Waals surface area contributed by atoms with Crippen LogP contribution < -0.4 is 14.2 Å². The number of ether oxygens (including phenoxy) is 3. The maximum Gasteiger partial charge on any atom is 0.270 e. The smallest absolute Gasteiger partial charge is 0.270 e. The van der Waals surface area contributed by atoms with Gasteiger partial charge in [0.2, 0.25) is 0 Å². The highest BCUT2D eigenvalue weighted by Gasteiger charge is 2.29. The van der Waals surface area contributed by atoms with Gasteiger partial charge in [0, 0.05) is 11.1 Å². The average Bonchev–Trinajstić information content (AvgIpc) is 3.17. The predicted molar refractivity (Wildman–Crippen MR) is 118 cm³/mol. The zero-order valence-corrected chi connectivity index (χ0v) is 17.2. The summed E-state index contributed by atoms with van der Waals surface area (Å²) in [5.74, 6) is 2.41. The Labute approximate surface area is 179 Å². The molecule has 31 heavy (non-hydrogen) atoms. The fourth-order valence-electron chi connectivity index (χ4n) is 3.83. The summed E-state index contributed by atoms with van der Waals surface area (Å²) >= 11 is 0. The van der Waals surface area contributed by atoms with Crippen molar-refractivity contribution < 1.29 is 19.0 Å². The molecule has 0 saturated heterocycles. The first-order chi connectivity index (χ1) is 15.2. The fraction of sp³-hybridized carbons (Fsp3) is 0.120. The van der Waals surface area contributed by atoms with E-state index in [-0.39, 0.29) is 12.5 Å². The Morgan fingerprint density at radius 2 is 1.55 bits per heavy atom. The van der Waals surface area contributed by atoms with Gasteiger partial charge in [-0.05, 0) is 36.4 Å². The monoisotopic (exact) mass is 412 g/mol. The van der Waals surface area contributed by atoms with Gasteiger partial charge in [-0.1, -0.05) is 36.4 Å². The molecule has 5 rings (SSSR count). The molecule has 1 aliphatic heterocycles. The third-order valence-corrected chi connectivity index (χ3v) is 5.29. The van der Waals surface area contributed by atoms with E-state index in [0.29, 0.717) is 34.5 Å². The van der Waals surface area contributed by atoms with Gasteiger partial charge in [-0.25, -0.2) is 4.98 Å².